The van der Waals surface area contributed by atoms with Gasteiger partial charge in [0.2, 0.25) is 11.8 Å². The molecule has 1 saturated heterocycles. The van der Waals surface area contributed by atoms with Gasteiger partial charge in [0, 0.05) is 18.6 Å². The zero-order valence-electron chi connectivity index (χ0n) is 15.9. The van der Waals surface area contributed by atoms with Crippen LogP contribution in [0.2, 0.25) is 0 Å². The number of amides is 3. The van der Waals surface area contributed by atoms with Gasteiger partial charge in [0.1, 0.15) is 18.0 Å². The van der Waals surface area contributed by atoms with Crippen LogP contribution in [0.3, 0.4) is 0 Å². The molecule has 2 aliphatic rings. The van der Waals surface area contributed by atoms with E-state index in [4.69, 9.17) is 0 Å². The Balaban J connectivity index is 1.64. The van der Waals surface area contributed by atoms with E-state index in [0.717, 1.165) is 18.2 Å². The highest BCUT2D eigenvalue weighted by Crippen LogP contribution is 2.43. The Morgan fingerprint density at radius 1 is 1.27 bits per heavy atom. The summed E-state index contributed by atoms with van der Waals surface area (Å²) in [5.74, 6) is -2.16. The first-order valence-corrected chi connectivity index (χ1v) is 9.20. The summed E-state index contributed by atoms with van der Waals surface area (Å²) < 4.78 is 14.0. The molecular weight excluding hydrogens is 395 g/mol. The number of halogens is 1. The second kappa shape index (κ2) is 6.90. The molecule has 0 spiro atoms. The molecule has 1 atom stereocenters. The van der Waals surface area contributed by atoms with Gasteiger partial charge >= 0.3 is 0 Å². The maximum absolute atomic E-state index is 14.0. The highest BCUT2D eigenvalue weighted by atomic mass is 19.1. The van der Waals surface area contributed by atoms with E-state index in [0.29, 0.717) is 17.7 Å². The SMILES string of the molecule is C[C@@]12CCC(=O)N1c1ccccc1C(=O)N2CC(=O)Nc1cc([N+](=O)[O-])ccc1F. The number of hydrogen-bond acceptors (Lipinski definition) is 5. The van der Waals surface area contributed by atoms with Gasteiger partial charge in [0.25, 0.3) is 11.6 Å². The second-order valence-electron chi connectivity index (χ2n) is 7.32. The molecule has 9 nitrogen and oxygen atoms in total. The Morgan fingerprint density at radius 3 is 2.73 bits per heavy atom. The summed E-state index contributed by atoms with van der Waals surface area (Å²) in [4.78, 5) is 51.3. The molecule has 0 saturated carbocycles. The molecule has 10 heteroatoms. The minimum absolute atomic E-state index is 0.160. The third-order valence-electron chi connectivity index (χ3n) is 5.48. The van der Waals surface area contributed by atoms with Gasteiger partial charge in [-0.1, -0.05) is 12.1 Å². The van der Waals surface area contributed by atoms with Crippen LogP contribution in [0.25, 0.3) is 0 Å². The molecule has 0 aliphatic carbocycles. The molecule has 0 unspecified atom stereocenters. The van der Waals surface area contributed by atoms with Gasteiger partial charge in [-0.2, -0.15) is 0 Å². The van der Waals surface area contributed by atoms with E-state index in [1.807, 2.05) is 0 Å². The molecule has 30 heavy (non-hydrogen) atoms. The number of hydrogen-bond donors (Lipinski definition) is 1. The van der Waals surface area contributed by atoms with Crippen LogP contribution in [0.15, 0.2) is 42.5 Å². The maximum Gasteiger partial charge on any atom is 0.271 e. The van der Waals surface area contributed by atoms with Gasteiger partial charge in [-0.05, 0) is 31.5 Å². The molecule has 2 heterocycles. The van der Waals surface area contributed by atoms with Gasteiger partial charge in [0.15, 0.2) is 0 Å². The summed E-state index contributed by atoms with van der Waals surface area (Å²) in [7, 11) is 0. The number of para-hydroxylation sites is 1. The van der Waals surface area contributed by atoms with E-state index in [1.165, 1.54) is 9.80 Å². The molecule has 3 amide bonds. The van der Waals surface area contributed by atoms with Crippen LogP contribution >= 0.6 is 0 Å². The third kappa shape index (κ3) is 2.97. The van der Waals surface area contributed by atoms with Crippen molar-refractivity contribution in [1.82, 2.24) is 4.90 Å². The first-order valence-electron chi connectivity index (χ1n) is 9.20. The highest BCUT2D eigenvalue weighted by molar-refractivity contribution is 6.11. The summed E-state index contributed by atoms with van der Waals surface area (Å²) >= 11 is 0. The number of non-ortho nitro benzene ring substituents is 1. The van der Waals surface area contributed by atoms with Crippen molar-refractivity contribution in [3.8, 4) is 0 Å². The molecule has 1 N–H and O–H groups in total. The number of anilines is 2. The van der Waals surface area contributed by atoms with Gasteiger partial charge in [-0.25, -0.2) is 4.39 Å². The van der Waals surface area contributed by atoms with Crippen molar-refractivity contribution < 1.29 is 23.7 Å². The first-order chi connectivity index (χ1) is 14.2. The Hall–Kier alpha value is -3.82. The molecule has 0 bridgehead atoms. The van der Waals surface area contributed by atoms with Crippen molar-refractivity contribution in [1.29, 1.82) is 0 Å². The number of fused-ring (bicyclic) bond motifs is 3. The molecule has 2 aromatic carbocycles. The van der Waals surface area contributed by atoms with E-state index < -0.39 is 34.8 Å². The predicted molar refractivity (Wildman–Crippen MR) is 104 cm³/mol. The Labute approximate surface area is 170 Å². The Kier molecular flexibility index (Phi) is 4.49. The molecule has 2 aliphatic heterocycles. The van der Waals surface area contributed by atoms with Crippen LogP contribution in [-0.4, -0.2) is 39.8 Å². The minimum Gasteiger partial charge on any atom is -0.322 e. The highest BCUT2D eigenvalue weighted by Gasteiger charge is 2.53. The number of carbonyl (C=O) groups excluding carboxylic acids is 3. The zero-order chi connectivity index (χ0) is 21.6. The monoisotopic (exact) mass is 412 g/mol. The lowest BCUT2D eigenvalue weighted by Gasteiger charge is -2.48. The lowest BCUT2D eigenvalue weighted by Crippen LogP contribution is -2.63. The number of benzene rings is 2. The largest absolute Gasteiger partial charge is 0.322 e. The van der Waals surface area contributed by atoms with Crippen LogP contribution in [0, 0.1) is 15.9 Å². The number of nitrogens with one attached hydrogen (secondary N) is 1. The van der Waals surface area contributed by atoms with Gasteiger partial charge in [0.05, 0.1) is 21.9 Å². The van der Waals surface area contributed by atoms with E-state index in [2.05, 4.69) is 5.32 Å². The van der Waals surface area contributed by atoms with Crippen molar-refractivity contribution in [3.05, 3.63) is 64.0 Å². The first kappa shape index (κ1) is 19.5. The summed E-state index contributed by atoms with van der Waals surface area (Å²) in [6.07, 6.45) is 0.556. The predicted octanol–water partition coefficient (Wildman–Crippen LogP) is 2.67. The van der Waals surface area contributed by atoms with Crippen LogP contribution in [-0.2, 0) is 9.59 Å². The zero-order valence-corrected chi connectivity index (χ0v) is 15.9. The fourth-order valence-corrected chi connectivity index (χ4v) is 4.00. The Morgan fingerprint density at radius 2 is 2.00 bits per heavy atom. The lowest BCUT2D eigenvalue weighted by atomic mass is 9.98. The topological polar surface area (TPSA) is 113 Å². The third-order valence-corrected chi connectivity index (χ3v) is 5.48. The van der Waals surface area contributed by atoms with Gasteiger partial charge in [-0.15, -0.1) is 0 Å². The van der Waals surface area contributed by atoms with E-state index in [1.54, 1.807) is 31.2 Å². The number of nitrogens with zero attached hydrogens (tertiary/aromatic N) is 3. The molecular formula is C20H17FN4O5. The average Bonchev–Trinajstić information content (AvgIpc) is 3.02. The van der Waals surface area contributed by atoms with E-state index >= 15 is 0 Å². The number of carbonyl (C=O) groups is 3. The second-order valence-corrected chi connectivity index (χ2v) is 7.32. The van der Waals surface area contributed by atoms with Crippen molar-refractivity contribution >= 4 is 34.8 Å². The van der Waals surface area contributed by atoms with E-state index in [9.17, 15) is 28.9 Å². The van der Waals surface area contributed by atoms with Crippen LogP contribution in [0.4, 0.5) is 21.5 Å². The summed E-state index contributed by atoms with van der Waals surface area (Å²) in [5, 5.41) is 13.2. The molecule has 154 valence electrons. The molecule has 2 aromatic rings. The van der Waals surface area contributed by atoms with Crippen molar-refractivity contribution in [2.45, 2.75) is 25.4 Å². The molecule has 1 fully saturated rings. The Bertz CT molecular complexity index is 1100. The summed E-state index contributed by atoms with van der Waals surface area (Å²) in [6.45, 7) is 1.25. The molecule has 0 aromatic heterocycles. The van der Waals surface area contributed by atoms with Crippen molar-refractivity contribution in [3.63, 3.8) is 0 Å². The lowest BCUT2D eigenvalue weighted by molar-refractivity contribution is -0.384. The fraction of sp³-hybridized carbons (Fsp3) is 0.250. The van der Waals surface area contributed by atoms with E-state index in [-0.39, 0.29) is 23.7 Å². The average molecular weight is 412 g/mol. The minimum atomic E-state index is -1.04. The van der Waals surface area contributed by atoms with Gasteiger partial charge < -0.3 is 10.2 Å². The fourth-order valence-electron chi connectivity index (χ4n) is 4.00. The maximum atomic E-state index is 14.0. The van der Waals surface area contributed by atoms with Crippen LogP contribution < -0.4 is 10.2 Å². The molecule has 0 radical (unpaired) electrons. The number of nitro benzene ring substituents is 1. The summed E-state index contributed by atoms with van der Waals surface area (Å²) in [6, 6.07) is 9.43. The number of rotatable bonds is 4. The van der Waals surface area contributed by atoms with Crippen molar-refractivity contribution in [2.75, 3.05) is 16.8 Å². The van der Waals surface area contributed by atoms with Crippen LogP contribution in [0.1, 0.15) is 30.1 Å². The van der Waals surface area contributed by atoms with Crippen molar-refractivity contribution in [2.24, 2.45) is 0 Å². The number of nitro groups is 1. The normalized spacial score (nSPS) is 20.1. The molecule has 4 rings (SSSR count). The summed E-state index contributed by atoms with van der Waals surface area (Å²) in [5.41, 5.74) is -0.993. The standard InChI is InChI=1S/C20H17FN4O5/c1-20-9-8-18(27)24(20)16-5-3-2-4-13(16)19(28)23(20)11-17(26)22-15-10-12(25(29)30)6-7-14(15)21/h2-7,10H,8-9,11H2,1H3,(H,22,26)/t20-/m0/s1. The van der Waals surface area contributed by atoms with Crippen LogP contribution in [0.5, 0.6) is 0 Å². The quantitative estimate of drug-likeness (QED) is 0.613. The van der Waals surface area contributed by atoms with Gasteiger partial charge in [-0.3, -0.25) is 29.4 Å². The smallest absolute Gasteiger partial charge is 0.271 e.